The van der Waals surface area contributed by atoms with Crippen LogP contribution in [0.5, 0.6) is 11.5 Å². The van der Waals surface area contributed by atoms with Gasteiger partial charge in [-0.25, -0.2) is 0 Å². The van der Waals surface area contributed by atoms with Crippen molar-refractivity contribution in [2.24, 2.45) is 0 Å². The normalized spacial score (nSPS) is 10.3. The molecule has 0 fully saturated rings. The Morgan fingerprint density at radius 3 is 1.16 bits per heavy atom. The summed E-state index contributed by atoms with van der Waals surface area (Å²) in [5, 5.41) is 49.1. The molecule has 0 unspecified atom stereocenters. The van der Waals surface area contributed by atoms with Gasteiger partial charge in [-0.15, -0.1) is 0 Å². The quantitative estimate of drug-likeness (QED) is 0.170. The number of nitro benzene ring substituents is 4. The summed E-state index contributed by atoms with van der Waals surface area (Å²) in [5.74, 6) is -0.854. The molecule has 2 amide bonds. The van der Waals surface area contributed by atoms with Crippen LogP contribution in [0.25, 0.3) is 0 Å². The van der Waals surface area contributed by atoms with E-state index in [4.69, 9.17) is 4.74 Å². The average molecular weight is 588 g/mol. The predicted octanol–water partition coefficient (Wildman–Crippen LogP) is 5.62. The zero-order chi connectivity index (χ0) is 31.3. The number of benzene rings is 4. The highest BCUT2D eigenvalue weighted by Crippen LogP contribution is 2.31. The van der Waals surface area contributed by atoms with Gasteiger partial charge >= 0.3 is 0 Å². The lowest BCUT2D eigenvalue weighted by Crippen LogP contribution is -2.13. The van der Waals surface area contributed by atoms with Crippen molar-refractivity contribution in [2.45, 2.75) is 0 Å². The molecule has 4 rings (SSSR count). The Hall–Kier alpha value is -6.78. The van der Waals surface area contributed by atoms with Gasteiger partial charge in [0.2, 0.25) is 0 Å². The molecular formula is C26H16N6O11. The van der Waals surface area contributed by atoms with Crippen LogP contribution in [0.4, 0.5) is 34.1 Å². The van der Waals surface area contributed by atoms with Crippen molar-refractivity contribution >= 4 is 45.9 Å². The second-order valence-corrected chi connectivity index (χ2v) is 8.49. The van der Waals surface area contributed by atoms with Crippen LogP contribution >= 0.6 is 0 Å². The van der Waals surface area contributed by atoms with Crippen molar-refractivity contribution in [3.8, 4) is 11.5 Å². The van der Waals surface area contributed by atoms with Crippen LogP contribution in [0, 0.1) is 40.5 Å². The molecule has 0 atom stereocenters. The first-order valence-electron chi connectivity index (χ1n) is 11.8. The zero-order valence-electron chi connectivity index (χ0n) is 21.4. The largest absolute Gasteiger partial charge is 0.457 e. The third-order valence-corrected chi connectivity index (χ3v) is 5.74. The van der Waals surface area contributed by atoms with Crippen LogP contribution in [0.15, 0.2) is 84.9 Å². The highest BCUT2D eigenvalue weighted by atomic mass is 16.6. The minimum Gasteiger partial charge on any atom is -0.457 e. The first-order valence-corrected chi connectivity index (χ1v) is 11.8. The summed E-state index contributed by atoms with van der Waals surface area (Å²) in [4.78, 5) is 66.3. The maximum Gasteiger partial charge on any atom is 0.299 e. The highest BCUT2D eigenvalue weighted by molar-refractivity contribution is 6.06. The molecule has 2 N–H and O–H groups in total. The molecule has 17 nitrogen and oxygen atoms in total. The van der Waals surface area contributed by atoms with Crippen LogP contribution in [-0.4, -0.2) is 31.5 Å². The number of carbonyl (C=O) groups is 2. The molecule has 0 saturated heterocycles. The topological polar surface area (TPSA) is 240 Å². The van der Waals surface area contributed by atoms with E-state index in [0.29, 0.717) is 0 Å². The fraction of sp³-hybridized carbons (Fsp3) is 0. The van der Waals surface area contributed by atoms with Gasteiger partial charge in [-0.3, -0.25) is 50.0 Å². The van der Waals surface area contributed by atoms with E-state index in [0.717, 1.165) is 36.4 Å². The molecule has 4 aromatic carbocycles. The summed E-state index contributed by atoms with van der Waals surface area (Å²) in [7, 11) is 0. The minimum atomic E-state index is -0.853. The molecule has 216 valence electrons. The van der Waals surface area contributed by atoms with Crippen molar-refractivity contribution in [1.82, 2.24) is 0 Å². The maximum absolute atomic E-state index is 12.6. The Bertz CT molecular complexity index is 1660. The Morgan fingerprint density at radius 2 is 0.860 bits per heavy atom. The van der Waals surface area contributed by atoms with E-state index in [9.17, 15) is 50.0 Å². The van der Waals surface area contributed by atoms with Crippen molar-refractivity contribution < 1.29 is 34.0 Å². The molecule has 0 aliphatic rings. The molecule has 0 aromatic heterocycles. The van der Waals surface area contributed by atoms with Gasteiger partial charge in [0.25, 0.3) is 34.6 Å². The molecule has 17 heteroatoms. The summed E-state index contributed by atoms with van der Waals surface area (Å²) >= 11 is 0. The monoisotopic (exact) mass is 588 g/mol. The summed E-state index contributed by atoms with van der Waals surface area (Å²) in [5.41, 5.74) is -2.56. The zero-order valence-corrected chi connectivity index (χ0v) is 21.4. The molecule has 43 heavy (non-hydrogen) atoms. The van der Waals surface area contributed by atoms with Gasteiger partial charge in [-0.2, -0.15) is 0 Å². The Morgan fingerprint density at radius 1 is 0.512 bits per heavy atom. The number of carbonyl (C=O) groups excluding carboxylic acids is 2. The van der Waals surface area contributed by atoms with Crippen LogP contribution in [-0.2, 0) is 0 Å². The number of non-ortho nitro benzene ring substituents is 2. The van der Waals surface area contributed by atoms with E-state index >= 15 is 0 Å². The number of rotatable bonds is 10. The molecule has 0 aliphatic heterocycles. The van der Waals surface area contributed by atoms with Crippen molar-refractivity contribution in [2.75, 3.05) is 10.6 Å². The molecule has 0 bridgehead atoms. The van der Waals surface area contributed by atoms with Gasteiger partial charge in [0, 0.05) is 23.3 Å². The number of nitrogens with one attached hydrogen (secondary N) is 2. The van der Waals surface area contributed by atoms with Crippen LogP contribution in [0.2, 0.25) is 0 Å². The Balaban J connectivity index is 1.41. The van der Waals surface area contributed by atoms with Crippen molar-refractivity contribution in [3.63, 3.8) is 0 Å². The molecular weight excluding hydrogens is 572 g/mol. The van der Waals surface area contributed by atoms with Gasteiger partial charge < -0.3 is 15.4 Å². The van der Waals surface area contributed by atoms with Crippen LogP contribution < -0.4 is 15.4 Å². The van der Waals surface area contributed by atoms with Gasteiger partial charge in [0.1, 0.15) is 22.9 Å². The smallest absolute Gasteiger partial charge is 0.299 e. The molecule has 4 aromatic rings. The van der Waals surface area contributed by atoms with Gasteiger partial charge in [-0.1, -0.05) is 0 Å². The lowest BCUT2D eigenvalue weighted by molar-refractivity contribution is -0.393. The van der Waals surface area contributed by atoms with E-state index < -0.39 is 54.3 Å². The third-order valence-electron chi connectivity index (χ3n) is 5.74. The number of amides is 2. The molecule has 0 heterocycles. The van der Waals surface area contributed by atoms with Crippen molar-refractivity contribution in [3.05, 3.63) is 137 Å². The second kappa shape index (κ2) is 12.2. The van der Waals surface area contributed by atoms with Crippen molar-refractivity contribution in [1.29, 1.82) is 0 Å². The van der Waals surface area contributed by atoms with E-state index in [-0.39, 0.29) is 34.0 Å². The van der Waals surface area contributed by atoms with Gasteiger partial charge in [0.15, 0.2) is 0 Å². The summed E-state index contributed by atoms with van der Waals surface area (Å²) in [6.45, 7) is 0. The molecule has 0 radical (unpaired) electrons. The number of nitrogens with zero attached hydrogens (tertiary/aromatic N) is 4. The Labute approximate surface area is 238 Å². The lowest BCUT2D eigenvalue weighted by Gasteiger charge is -2.09. The van der Waals surface area contributed by atoms with E-state index in [1.165, 1.54) is 48.5 Å². The minimum absolute atomic E-state index is 0.104. The first kappa shape index (κ1) is 29.2. The molecule has 0 saturated carbocycles. The summed E-state index contributed by atoms with van der Waals surface area (Å²) in [6.07, 6.45) is 0. The third kappa shape index (κ3) is 6.87. The van der Waals surface area contributed by atoms with E-state index in [1.807, 2.05) is 0 Å². The summed E-state index contributed by atoms with van der Waals surface area (Å²) in [6, 6.07) is 16.9. The molecule has 0 spiro atoms. The number of hydrogen-bond acceptors (Lipinski definition) is 11. The number of nitro groups is 4. The van der Waals surface area contributed by atoms with Crippen LogP contribution in [0.1, 0.15) is 20.7 Å². The Kier molecular flexibility index (Phi) is 8.27. The van der Waals surface area contributed by atoms with Crippen LogP contribution in [0.3, 0.4) is 0 Å². The van der Waals surface area contributed by atoms with E-state index in [2.05, 4.69) is 10.6 Å². The fourth-order valence-corrected chi connectivity index (χ4v) is 3.65. The predicted molar refractivity (Wildman–Crippen MR) is 148 cm³/mol. The summed E-state index contributed by atoms with van der Waals surface area (Å²) < 4.78 is 5.69. The second-order valence-electron chi connectivity index (χ2n) is 8.49. The average Bonchev–Trinajstić information content (AvgIpc) is 2.97. The standard InChI is InChI=1S/C26H16N6O11/c33-25(27-21-11-5-17(29(35)36)13-23(21)31(39)40)15-1-7-19(8-2-15)43-20-9-3-16(4-10-20)26(34)28-22-12-6-18(30(37)38)14-24(22)32(41)42/h1-14H,(H,27,33)(H,28,34). The fourth-order valence-electron chi connectivity index (χ4n) is 3.65. The van der Waals surface area contributed by atoms with Gasteiger partial charge in [-0.05, 0) is 60.7 Å². The first-order chi connectivity index (χ1) is 20.4. The maximum atomic E-state index is 12.6. The number of hydrogen-bond donors (Lipinski definition) is 2. The van der Waals surface area contributed by atoms with E-state index in [1.54, 1.807) is 0 Å². The molecule has 0 aliphatic carbocycles. The number of ether oxygens (including phenoxy) is 1. The lowest BCUT2D eigenvalue weighted by atomic mass is 10.1. The van der Waals surface area contributed by atoms with Gasteiger partial charge in [0.05, 0.1) is 31.8 Å². The highest BCUT2D eigenvalue weighted by Gasteiger charge is 2.23. The SMILES string of the molecule is O=C(Nc1ccc([N+](=O)[O-])cc1[N+](=O)[O-])c1ccc(Oc2ccc(C(=O)Nc3ccc([N+](=O)[O-])cc3[N+](=O)[O-])cc2)cc1. The number of anilines is 2.